The maximum atomic E-state index is 13.2. The molecule has 2 atom stereocenters. The zero-order valence-electron chi connectivity index (χ0n) is 18.1. The van der Waals surface area contributed by atoms with Crippen molar-refractivity contribution in [2.75, 3.05) is 4.90 Å². The Bertz CT molecular complexity index is 1320. The van der Waals surface area contributed by atoms with Crippen molar-refractivity contribution in [2.24, 2.45) is 0 Å². The molecule has 0 spiro atoms. The predicted molar refractivity (Wildman–Crippen MR) is 122 cm³/mol. The standard InChI is InChI=1S/C26H22N2O5/c1-14-5-7-20(29)19(10-14)28-23(17-4-3-9-27-13-17)22(25(31)26(28)32)24(30)16-6-8-21-18(12-16)11-15(2)33-21/h3-10,12-13,15,23,29-30H,11H2,1-2H3/b24-22-. The number of ketones is 1. The molecule has 2 aromatic carbocycles. The number of amides is 1. The van der Waals surface area contributed by atoms with Crippen LogP contribution < -0.4 is 9.64 Å². The maximum absolute atomic E-state index is 13.2. The molecule has 1 saturated heterocycles. The fourth-order valence-electron chi connectivity index (χ4n) is 4.49. The third-order valence-corrected chi connectivity index (χ3v) is 6.00. The number of phenolic OH excluding ortho intramolecular Hbond substituents is 1. The Hall–Kier alpha value is -4.13. The van der Waals surface area contributed by atoms with Gasteiger partial charge in [0.1, 0.15) is 23.4 Å². The van der Waals surface area contributed by atoms with Crippen molar-refractivity contribution in [3.63, 3.8) is 0 Å². The number of phenols is 1. The number of pyridine rings is 1. The smallest absolute Gasteiger partial charge is 0.300 e. The van der Waals surface area contributed by atoms with Gasteiger partial charge in [-0.05, 0) is 66.9 Å². The summed E-state index contributed by atoms with van der Waals surface area (Å²) < 4.78 is 5.73. The summed E-state index contributed by atoms with van der Waals surface area (Å²) in [5.41, 5.74) is 2.84. The molecule has 7 heteroatoms. The molecule has 0 radical (unpaired) electrons. The lowest BCUT2D eigenvalue weighted by atomic mass is 9.95. The Balaban J connectivity index is 1.71. The number of aryl methyl sites for hydroxylation is 1. The summed E-state index contributed by atoms with van der Waals surface area (Å²) in [6.45, 7) is 3.79. The molecule has 3 heterocycles. The molecule has 0 aliphatic carbocycles. The van der Waals surface area contributed by atoms with Crippen LogP contribution in [0.4, 0.5) is 5.69 Å². The van der Waals surface area contributed by atoms with Gasteiger partial charge in [-0.25, -0.2) is 0 Å². The van der Waals surface area contributed by atoms with Gasteiger partial charge in [-0.15, -0.1) is 0 Å². The van der Waals surface area contributed by atoms with E-state index in [0.29, 0.717) is 17.5 Å². The van der Waals surface area contributed by atoms with E-state index in [0.717, 1.165) is 16.9 Å². The fraction of sp³-hybridized carbons (Fsp3) is 0.192. The number of Topliss-reactive ketones (excluding diaryl/α,β-unsaturated/α-hetero) is 1. The summed E-state index contributed by atoms with van der Waals surface area (Å²) >= 11 is 0. The Morgan fingerprint density at radius 3 is 2.73 bits per heavy atom. The van der Waals surface area contributed by atoms with E-state index in [9.17, 15) is 19.8 Å². The van der Waals surface area contributed by atoms with E-state index in [2.05, 4.69) is 4.98 Å². The summed E-state index contributed by atoms with van der Waals surface area (Å²) in [4.78, 5) is 31.8. The van der Waals surface area contributed by atoms with Crippen molar-refractivity contribution < 1.29 is 24.5 Å². The first kappa shape index (κ1) is 20.8. The summed E-state index contributed by atoms with van der Waals surface area (Å²) in [5.74, 6) is -1.33. The first-order valence-corrected chi connectivity index (χ1v) is 10.7. The number of aromatic hydroxyl groups is 1. The van der Waals surface area contributed by atoms with Gasteiger partial charge in [0.2, 0.25) is 0 Å². The topological polar surface area (TPSA) is 100.0 Å². The van der Waals surface area contributed by atoms with Gasteiger partial charge >= 0.3 is 0 Å². The molecule has 3 aromatic rings. The molecular formula is C26H22N2O5. The van der Waals surface area contributed by atoms with E-state index >= 15 is 0 Å². The normalized spacial score (nSPS) is 21.2. The van der Waals surface area contributed by atoms with E-state index in [-0.39, 0.29) is 28.9 Å². The third-order valence-electron chi connectivity index (χ3n) is 6.00. The van der Waals surface area contributed by atoms with Crippen LogP contribution in [-0.4, -0.2) is 33.0 Å². The van der Waals surface area contributed by atoms with E-state index in [1.807, 2.05) is 13.8 Å². The minimum Gasteiger partial charge on any atom is -0.507 e. The minimum atomic E-state index is -0.949. The van der Waals surface area contributed by atoms with Gasteiger partial charge in [0.25, 0.3) is 11.7 Å². The number of aliphatic hydroxyl groups excluding tert-OH is 1. The number of rotatable bonds is 3. The zero-order valence-corrected chi connectivity index (χ0v) is 18.1. The minimum absolute atomic E-state index is 0.0302. The quantitative estimate of drug-likeness (QED) is 0.361. The van der Waals surface area contributed by atoms with E-state index in [4.69, 9.17) is 4.74 Å². The molecule has 1 aromatic heterocycles. The lowest BCUT2D eigenvalue weighted by molar-refractivity contribution is -0.132. The molecule has 2 unspecified atom stereocenters. The zero-order chi connectivity index (χ0) is 23.3. The number of nitrogens with zero attached hydrogens (tertiary/aromatic N) is 2. The van der Waals surface area contributed by atoms with Crippen LogP contribution in [0, 0.1) is 6.92 Å². The second-order valence-corrected chi connectivity index (χ2v) is 8.40. The molecule has 2 N–H and O–H groups in total. The van der Waals surface area contributed by atoms with Gasteiger partial charge in [0, 0.05) is 24.4 Å². The number of carbonyl (C=O) groups is 2. The second kappa shape index (κ2) is 7.78. The van der Waals surface area contributed by atoms with E-state index < -0.39 is 17.7 Å². The van der Waals surface area contributed by atoms with E-state index in [1.54, 1.807) is 54.9 Å². The number of aromatic nitrogens is 1. The Morgan fingerprint density at radius 1 is 1.15 bits per heavy atom. The average Bonchev–Trinajstić information content (AvgIpc) is 3.31. The number of benzene rings is 2. The Morgan fingerprint density at radius 2 is 1.97 bits per heavy atom. The lowest BCUT2D eigenvalue weighted by Crippen LogP contribution is -2.29. The van der Waals surface area contributed by atoms with Gasteiger partial charge < -0.3 is 14.9 Å². The number of carbonyl (C=O) groups excluding carboxylic acids is 2. The SMILES string of the molecule is Cc1ccc(O)c(N2C(=O)C(=O)/C(=C(\O)c3ccc4c(c3)CC(C)O4)C2c2cccnc2)c1. The molecule has 7 nitrogen and oxygen atoms in total. The average molecular weight is 442 g/mol. The number of aliphatic hydroxyl groups is 1. The summed E-state index contributed by atoms with van der Waals surface area (Å²) in [6.07, 6.45) is 3.85. The van der Waals surface area contributed by atoms with Gasteiger partial charge in [-0.2, -0.15) is 0 Å². The van der Waals surface area contributed by atoms with Crippen molar-refractivity contribution in [2.45, 2.75) is 32.4 Å². The highest BCUT2D eigenvalue weighted by Gasteiger charge is 2.48. The second-order valence-electron chi connectivity index (χ2n) is 8.40. The molecule has 2 aliphatic heterocycles. The summed E-state index contributed by atoms with van der Waals surface area (Å²) in [7, 11) is 0. The van der Waals surface area contributed by atoms with Crippen LogP contribution in [0.1, 0.15) is 35.2 Å². The number of ether oxygens (including phenoxy) is 1. The van der Waals surface area contributed by atoms with Crippen LogP contribution in [0.3, 0.4) is 0 Å². The number of anilines is 1. The summed E-state index contributed by atoms with van der Waals surface area (Å²) in [6, 6.07) is 12.5. The first-order chi connectivity index (χ1) is 15.8. The molecule has 0 bridgehead atoms. The molecular weight excluding hydrogens is 420 g/mol. The van der Waals surface area contributed by atoms with Gasteiger partial charge in [0.05, 0.1) is 17.3 Å². The van der Waals surface area contributed by atoms with Gasteiger partial charge in [0.15, 0.2) is 0 Å². The Labute approximate surface area is 190 Å². The van der Waals surface area contributed by atoms with Crippen LogP contribution in [0.2, 0.25) is 0 Å². The van der Waals surface area contributed by atoms with Crippen LogP contribution in [0.25, 0.3) is 5.76 Å². The van der Waals surface area contributed by atoms with Crippen molar-refractivity contribution in [1.82, 2.24) is 4.98 Å². The molecule has 166 valence electrons. The van der Waals surface area contributed by atoms with Crippen molar-refractivity contribution in [3.05, 3.63) is 88.8 Å². The van der Waals surface area contributed by atoms with Gasteiger partial charge in [-0.3, -0.25) is 19.5 Å². The monoisotopic (exact) mass is 442 g/mol. The van der Waals surface area contributed by atoms with Gasteiger partial charge in [-0.1, -0.05) is 12.1 Å². The van der Waals surface area contributed by atoms with Crippen molar-refractivity contribution in [1.29, 1.82) is 0 Å². The highest BCUT2D eigenvalue weighted by Crippen LogP contribution is 2.45. The van der Waals surface area contributed by atoms with E-state index in [1.165, 1.54) is 11.0 Å². The Kier molecular flexibility index (Phi) is 4.89. The molecule has 5 rings (SSSR count). The van der Waals surface area contributed by atoms with Crippen molar-refractivity contribution in [3.8, 4) is 11.5 Å². The highest BCUT2D eigenvalue weighted by atomic mass is 16.5. The highest BCUT2D eigenvalue weighted by molar-refractivity contribution is 6.51. The van der Waals surface area contributed by atoms with Crippen LogP contribution in [-0.2, 0) is 16.0 Å². The molecule has 33 heavy (non-hydrogen) atoms. The van der Waals surface area contributed by atoms with Crippen molar-refractivity contribution >= 4 is 23.1 Å². The molecule has 0 saturated carbocycles. The number of fused-ring (bicyclic) bond motifs is 1. The molecule has 2 aliphatic rings. The van der Waals surface area contributed by atoms with Crippen LogP contribution >= 0.6 is 0 Å². The molecule has 1 amide bonds. The predicted octanol–water partition coefficient (Wildman–Crippen LogP) is 4.05. The van der Waals surface area contributed by atoms with Crippen LogP contribution in [0.15, 0.2) is 66.5 Å². The largest absolute Gasteiger partial charge is 0.507 e. The van der Waals surface area contributed by atoms with Crippen LogP contribution in [0.5, 0.6) is 11.5 Å². The lowest BCUT2D eigenvalue weighted by Gasteiger charge is -2.26. The maximum Gasteiger partial charge on any atom is 0.300 e. The molecule has 1 fully saturated rings. The summed E-state index contributed by atoms with van der Waals surface area (Å²) in [5, 5.41) is 21.8. The number of hydrogen-bond acceptors (Lipinski definition) is 6. The third kappa shape index (κ3) is 3.42. The fourth-order valence-corrected chi connectivity index (χ4v) is 4.49. The first-order valence-electron chi connectivity index (χ1n) is 10.7. The number of hydrogen-bond donors (Lipinski definition) is 2.